The SMILES string of the molecule is CC(C)(C)OC(=O)C1CCC(N)(C(=O)O)C1. The molecule has 16 heavy (non-hydrogen) atoms. The largest absolute Gasteiger partial charge is 0.480 e. The minimum atomic E-state index is -1.26. The Morgan fingerprint density at radius 2 is 2.00 bits per heavy atom. The van der Waals surface area contributed by atoms with Gasteiger partial charge in [0.15, 0.2) is 0 Å². The normalized spacial score (nSPS) is 30.1. The minimum Gasteiger partial charge on any atom is -0.480 e. The molecule has 92 valence electrons. The summed E-state index contributed by atoms with van der Waals surface area (Å²) in [5.41, 5.74) is 3.88. The van der Waals surface area contributed by atoms with E-state index in [2.05, 4.69) is 0 Å². The Labute approximate surface area is 95.0 Å². The van der Waals surface area contributed by atoms with Crippen molar-refractivity contribution >= 4 is 11.9 Å². The summed E-state index contributed by atoms with van der Waals surface area (Å²) in [6.45, 7) is 5.35. The zero-order valence-corrected chi connectivity index (χ0v) is 9.95. The average molecular weight is 229 g/mol. The number of carbonyl (C=O) groups is 2. The lowest BCUT2D eigenvalue weighted by atomic mass is 9.97. The highest BCUT2D eigenvalue weighted by atomic mass is 16.6. The Kier molecular flexibility index (Phi) is 3.28. The molecule has 1 saturated carbocycles. The molecule has 0 bridgehead atoms. The minimum absolute atomic E-state index is 0.164. The molecule has 1 fully saturated rings. The number of hydrogen-bond donors (Lipinski definition) is 2. The third-order valence-electron chi connectivity index (χ3n) is 2.72. The van der Waals surface area contributed by atoms with Crippen LogP contribution in [0.5, 0.6) is 0 Å². The van der Waals surface area contributed by atoms with Gasteiger partial charge in [-0.3, -0.25) is 9.59 Å². The number of ether oxygens (including phenoxy) is 1. The summed E-state index contributed by atoms with van der Waals surface area (Å²) in [6, 6.07) is 0. The van der Waals surface area contributed by atoms with Crippen LogP contribution in [-0.2, 0) is 14.3 Å². The second-order valence-electron chi connectivity index (χ2n) is 5.43. The predicted molar refractivity (Wildman–Crippen MR) is 57.7 cm³/mol. The molecule has 0 spiro atoms. The smallest absolute Gasteiger partial charge is 0.323 e. The molecule has 0 amide bonds. The van der Waals surface area contributed by atoms with E-state index in [9.17, 15) is 9.59 Å². The standard InChI is InChI=1S/C11H19NO4/c1-10(2,3)16-8(13)7-4-5-11(12,6-7)9(14)15/h7H,4-6,12H2,1-3H3,(H,14,15). The fraction of sp³-hybridized carbons (Fsp3) is 0.818. The Morgan fingerprint density at radius 1 is 1.44 bits per heavy atom. The number of aliphatic carboxylic acids is 1. The average Bonchev–Trinajstić information content (AvgIpc) is 2.46. The predicted octanol–water partition coefficient (Wildman–Crippen LogP) is 0.910. The third kappa shape index (κ3) is 2.95. The van der Waals surface area contributed by atoms with Gasteiger partial charge in [-0.15, -0.1) is 0 Å². The van der Waals surface area contributed by atoms with E-state index >= 15 is 0 Å². The van der Waals surface area contributed by atoms with Crippen LogP contribution < -0.4 is 5.73 Å². The van der Waals surface area contributed by atoms with Gasteiger partial charge in [0.1, 0.15) is 11.1 Å². The first kappa shape index (κ1) is 13.0. The Balaban J connectivity index is 2.60. The number of carboxylic acids is 1. The van der Waals surface area contributed by atoms with E-state index in [1.807, 2.05) is 0 Å². The van der Waals surface area contributed by atoms with Crippen molar-refractivity contribution < 1.29 is 19.4 Å². The van der Waals surface area contributed by atoms with Crippen molar-refractivity contribution in [1.82, 2.24) is 0 Å². The first-order chi connectivity index (χ1) is 7.14. The second kappa shape index (κ2) is 4.05. The van der Waals surface area contributed by atoms with Crippen LogP contribution in [0.1, 0.15) is 40.0 Å². The molecule has 0 saturated heterocycles. The highest BCUT2D eigenvalue weighted by Crippen LogP contribution is 2.34. The summed E-state index contributed by atoms with van der Waals surface area (Å²) in [7, 11) is 0. The van der Waals surface area contributed by atoms with Crippen molar-refractivity contribution in [2.24, 2.45) is 11.7 Å². The lowest BCUT2D eigenvalue weighted by Crippen LogP contribution is -2.46. The summed E-state index contributed by atoms with van der Waals surface area (Å²) < 4.78 is 5.21. The zero-order valence-electron chi connectivity index (χ0n) is 9.95. The molecular weight excluding hydrogens is 210 g/mol. The van der Waals surface area contributed by atoms with E-state index < -0.39 is 17.1 Å². The number of carbonyl (C=O) groups excluding carboxylic acids is 1. The lowest BCUT2D eigenvalue weighted by Gasteiger charge is -2.23. The maximum Gasteiger partial charge on any atom is 0.323 e. The fourth-order valence-corrected chi connectivity index (χ4v) is 1.86. The first-order valence-corrected chi connectivity index (χ1v) is 5.39. The van der Waals surface area contributed by atoms with Gasteiger partial charge < -0.3 is 15.6 Å². The van der Waals surface area contributed by atoms with Crippen LogP contribution in [0.4, 0.5) is 0 Å². The fourth-order valence-electron chi connectivity index (χ4n) is 1.86. The van der Waals surface area contributed by atoms with Crippen molar-refractivity contribution in [3.05, 3.63) is 0 Å². The Hall–Kier alpha value is -1.10. The van der Waals surface area contributed by atoms with E-state index in [1.54, 1.807) is 20.8 Å². The number of hydrogen-bond acceptors (Lipinski definition) is 4. The van der Waals surface area contributed by atoms with E-state index in [-0.39, 0.29) is 18.3 Å². The molecule has 0 radical (unpaired) electrons. The van der Waals surface area contributed by atoms with Gasteiger partial charge in [0.05, 0.1) is 5.92 Å². The lowest BCUT2D eigenvalue weighted by molar-refractivity contribution is -0.160. The topological polar surface area (TPSA) is 89.6 Å². The molecule has 5 heteroatoms. The molecule has 5 nitrogen and oxygen atoms in total. The van der Waals surface area contributed by atoms with Gasteiger partial charge in [-0.05, 0) is 40.0 Å². The molecule has 3 N–H and O–H groups in total. The highest BCUT2D eigenvalue weighted by Gasteiger charge is 2.45. The molecule has 0 aliphatic heterocycles. The van der Waals surface area contributed by atoms with Crippen LogP contribution in [0, 0.1) is 5.92 Å². The molecular formula is C11H19NO4. The first-order valence-electron chi connectivity index (χ1n) is 5.39. The maximum absolute atomic E-state index is 11.7. The molecule has 1 rings (SSSR count). The monoisotopic (exact) mass is 229 g/mol. The van der Waals surface area contributed by atoms with Gasteiger partial charge in [0.25, 0.3) is 0 Å². The number of esters is 1. The second-order valence-corrected chi connectivity index (χ2v) is 5.43. The van der Waals surface area contributed by atoms with Crippen LogP contribution in [0.25, 0.3) is 0 Å². The molecule has 2 atom stereocenters. The van der Waals surface area contributed by atoms with Gasteiger partial charge >= 0.3 is 11.9 Å². The summed E-state index contributed by atoms with van der Waals surface area (Å²) >= 11 is 0. The summed E-state index contributed by atoms with van der Waals surface area (Å²) in [6.07, 6.45) is 0.973. The van der Waals surface area contributed by atoms with Gasteiger partial charge in [0, 0.05) is 0 Å². The molecule has 1 aliphatic rings. The zero-order chi connectivity index (χ0) is 12.6. The van der Waals surface area contributed by atoms with E-state index in [0.29, 0.717) is 12.8 Å². The molecule has 1 aliphatic carbocycles. The third-order valence-corrected chi connectivity index (χ3v) is 2.72. The maximum atomic E-state index is 11.7. The van der Waals surface area contributed by atoms with Crippen LogP contribution in [0.2, 0.25) is 0 Å². The van der Waals surface area contributed by atoms with Gasteiger partial charge in [0.2, 0.25) is 0 Å². The Bertz CT molecular complexity index is 308. The van der Waals surface area contributed by atoms with Crippen molar-refractivity contribution in [2.45, 2.75) is 51.2 Å². The van der Waals surface area contributed by atoms with Gasteiger partial charge in [-0.1, -0.05) is 0 Å². The molecule has 0 aromatic rings. The van der Waals surface area contributed by atoms with Crippen molar-refractivity contribution in [2.75, 3.05) is 0 Å². The summed E-state index contributed by atoms with van der Waals surface area (Å²) in [5, 5.41) is 8.93. The van der Waals surface area contributed by atoms with Crippen LogP contribution in [0.3, 0.4) is 0 Å². The molecule has 0 heterocycles. The molecule has 0 aromatic heterocycles. The van der Waals surface area contributed by atoms with Crippen molar-refractivity contribution in [3.8, 4) is 0 Å². The Morgan fingerprint density at radius 3 is 2.38 bits per heavy atom. The highest BCUT2D eigenvalue weighted by molar-refractivity contribution is 5.82. The van der Waals surface area contributed by atoms with Gasteiger partial charge in [-0.2, -0.15) is 0 Å². The van der Waals surface area contributed by atoms with E-state index in [0.717, 1.165) is 0 Å². The van der Waals surface area contributed by atoms with Crippen molar-refractivity contribution in [3.63, 3.8) is 0 Å². The van der Waals surface area contributed by atoms with Crippen molar-refractivity contribution in [1.29, 1.82) is 0 Å². The van der Waals surface area contributed by atoms with Gasteiger partial charge in [-0.25, -0.2) is 0 Å². The van der Waals surface area contributed by atoms with Crippen LogP contribution >= 0.6 is 0 Å². The molecule has 0 aromatic carbocycles. The number of rotatable bonds is 2. The van der Waals surface area contributed by atoms with Crippen LogP contribution in [-0.4, -0.2) is 28.2 Å². The number of carboxylic acid groups (broad SMARTS) is 1. The van der Waals surface area contributed by atoms with E-state index in [4.69, 9.17) is 15.6 Å². The summed E-state index contributed by atoms with van der Waals surface area (Å²) in [5.74, 6) is -1.78. The van der Waals surface area contributed by atoms with Crippen LogP contribution in [0.15, 0.2) is 0 Å². The molecule has 2 unspecified atom stereocenters. The van der Waals surface area contributed by atoms with E-state index in [1.165, 1.54) is 0 Å². The number of nitrogens with two attached hydrogens (primary N) is 1. The summed E-state index contributed by atoms with van der Waals surface area (Å²) in [4.78, 5) is 22.6. The quantitative estimate of drug-likeness (QED) is 0.687.